The molecule has 0 bridgehead atoms. The summed E-state index contributed by atoms with van der Waals surface area (Å²) in [6.07, 6.45) is 2.52. The molecule has 0 aromatic carbocycles. The van der Waals surface area contributed by atoms with Gasteiger partial charge in [-0.2, -0.15) is 0 Å². The van der Waals surface area contributed by atoms with Crippen LogP contribution in [0.2, 0.25) is 0 Å². The third-order valence-corrected chi connectivity index (χ3v) is 5.39. The number of fused-ring (bicyclic) bond motifs is 1. The quantitative estimate of drug-likeness (QED) is 0.843. The normalized spacial score (nSPS) is 23.5. The molecular formula is C15H21N3O3S. The molecular weight excluding hydrogens is 302 g/mol. The highest BCUT2D eigenvalue weighted by atomic mass is 32.2. The van der Waals surface area contributed by atoms with Crippen LogP contribution in [-0.2, 0) is 9.53 Å². The Hall–Kier alpha value is -1.34. The van der Waals surface area contributed by atoms with Gasteiger partial charge in [-0.3, -0.25) is 14.2 Å². The molecule has 1 aromatic rings. The Morgan fingerprint density at radius 3 is 3.05 bits per heavy atom. The number of rotatable bonds is 4. The van der Waals surface area contributed by atoms with E-state index in [-0.39, 0.29) is 23.6 Å². The molecule has 1 aromatic heterocycles. The maximum Gasteiger partial charge on any atom is 0.257 e. The molecule has 0 spiro atoms. The number of hydrogen-bond acceptors (Lipinski definition) is 5. The van der Waals surface area contributed by atoms with Gasteiger partial charge in [0.2, 0.25) is 5.91 Å². The fourth-order valence-corrected chi connectivity index (χ4v) is 4.02. The first-order valence-corrected chi connectivity index (χ1v) is 8.65. The number of aryl methyl sites for hydroxylation is 1. The molecule has 2 aliphatic heterocycles. The van der Waals surface area contributed by atoms with Crippen molar-refractivity contribution in [2.45, 2.75) is 50.4 Å². The van der Waals surface area contributed by atoms with Crippen LogP contribution in [0.4, 0.5) is 0 Å². The van der Waals surface area contributed by atoms with E-state index in [1.54, 1.807) is 23.3 Å². The van der Waals surface area contributed by atoms with Gasteiger partial charge in [-0.25, -0.2) is 4.98 Å². The Labute approximate surface area is 133 Å². The van der Waals surface area contributed by atoms with Gasteiger partial charge in [0.15, 0.2) is 5.16 Å². The average molecular weight is 323 g/mol. The van der Waals surface area contributed by atoms with Gasteiger partial charge in [-0.15, -0.1) is 0 Å². The van der Waals surface area contributed by atoms with Gasteiger partial charge in [0.25, 0.3) is 5.56 Å². The van der Waals surface area contributed by atoms with Crippen LogP contribution in [0.5, 0.6) is 0 Å². The second-order valence-corrected chi connectivity index (χ2v) is 6.88. The van der Waals surface area contributed by atoms with Crippen molar-refractivity contribution in [3.8, 4) is 0 Å². The average Bonchev–Trinajstić information content (AvgIpc) is 3.13. The summed E-state index contributed by atoms with van der Waals surface area (Å²) in [5, 5.41) is 3.65. The van der Waals surface area contributed by atoms with E-state index in [2.05, 4.69) is 10.3 Å². The van der Waals surface area contributed by atoms with Crippen molar-refractivity contribution >= 4 is 17.7 Å². The lowest BCUT2D eigenvalue weighted by Crippen LogP contribution is -2.35. The van der Waals surface area contributed by atoms with Crippen LogP contribution in [0.15, 0.2) is 9.95 Å². The summed E-state index contributed by atoms with van der Waals surface area (Å²) >= 11 is 1.55. The van der Waals surface area contributed by atoms with Crippen LogP contribution >= 0.6 is 11.8 Å². The minimum atomic E-state index is -0.108. The zero-order valence-corrected chi connectivity index (χ0v) is 13.7. The van der Waals surface area contributed by atoms with E-state index in [4.69, 9.17) is 4.74 Å². The Bertz CT molecular complexity index is 638. The number of carbonyl (C=O) groups excluding carboxylic acids is 1. The maximum absolute atomic E-state index is 12.4. The molecule has 1 fully saturated rings. The van der Waals surface area contributed by atoms with Gasteiger partial charge in [0.1, 0.15) is 0 Å². The second-order valence-electron chi connectivity index (χ2n) is 5.89. The lowest BCUT2D eigenvalue weighted by Gasteiger charge is -2.15. The molecule has 1 N–H and O–H groups in total. The summed E-state index contributed by atoms with van der Waals surface area (Å²) in [6, 6.07) is -0.108. The van der Waals surface area contributed by atoms with Crippen molar-refractivity contribution < 1.29 is 9.53 Å². The van der Waals surface area contributed by atoms with Crippen LogP contribution in [0.1, 0.15) is 36.6 Å². The number of carbonyl (C=O) groups is 1. The molecule has 3 heterocycles. The highest BCUT2D eigenvalue weighted by Crippen LogP contribution is 2.32. The van der Waals surface area contributed by atoms with Gasteiger partial charge >= 0.3 is 0 Å². The number of nitrogens with one attached hydrogen (secondary N) is 1. The molecule has 1 saturated heterocycles. The summed E-state index contributed by atoms with van der Waals surface area (Å²) in [5.74, 6) is 0.692. The molecule has 2 atom stereocenters. The van der Waals surface area contributed by atoms with E-state index in [1.807, 2.05) is 6.92 Å². The van der Waals surface area contributed by atoms with Crippen molar-refractivity contribution in [1.29, 1.82) is 0 Å². The highest BCUT2D eigenvalue weighted by Gasteiger charge is 2.28. The van der Waals surface area contributed by atoms with Gasteiger partial charge < -0.3 is 10.1 Å². The topological polar surface area (TPSA) is 73.2 Å². The number of nitrogens with zero attached hydrogens (tertiary/aromatic N) is 2. The number of amides is 1. The first-order valence-electron chi connectivity index (χ1n) is 7.67. The van der Waals surface area contributed by atoms with Crippen LogP contribution in [-0.4, -0.2) is 40.5 Å². The number of aromatic nitrogens is 2. The first kappa shape index (κ1) is 15.6. The van der Waals surface area contributed by atoms with E-state index in [0.717, 1.165) is 36.1 Å². The highest BCUT2D eigenvalue weighted by molar-refractivity contribution is 7.99. The number of thioether (sulfide) groups is 1. The number of ether oxygens (including phenoxy) is 1. The predicted octanol–water partition coefficient (Wildman–Crippen LogP) is 1.19. The zero-order chi connectivity index (χ0) is 15.7. The molecule has 120 valence electrons. The van der Waals surface area contributed by atoms with Crippen molar-refractivity contribution in [1.82, 2.24) is 14.9 Å². The largest absolute Gasteiger partial charge is 0.376 e. The van der Waals surface area contributed by atoms with E-state index in [1.165, 1.54) is 0 Å². The fourth-order valence-electron chi connectivity index (χ4n) is 2.84. The van der Waals surface area contributed by atoms with Gasteiger partial charge in [-0.05, 0) is 26.7 Å². The van der Waals surface area contributed by atoms with Crippen molar-refractivity contribution in [2.75, 3.05) is 18.9 Å². The minimum Gasteiger partial charge on any atom is -0.376 e. The van der Waals surface area contributed by atoms with Crippen LogP contribution in [0, 0.1) is 13.8 Å². The Morgan fingerprint density at radius 1 is 1.50 bits per heavy atom. The van der Waals surface area contributed by atoms with E-state index in [9.17, 15) is 9.59 Å². The molecule has 0 unspecified atom stereocenters. The van der Waals surface area contributed by atoms with E-state index >= 15 is 0 Å². The van der Waals surface area contributed by atoms with Crippen LogP contribution in [0.3, 0.4) is 0 Å². The smallest absolute Gasteiger partial charge is 0.257 e. The van der Waals surface area contributed by atoms with Crippen molar-refractivity contribution in [2.24, 2.45) is 0 Å². The maximum atomic E-state index is 12.4. The van der Waals surface area contributed by atoms with Crippen LogP contribution in [0.25, 0.3) is 0 Å². The third-order valence-electron chi connectivity index (χ3n) is 4.29. The monoisotopic (exact) mass is 323 g/mol. The molecule has 22 heavy (non-hydrogen) atoms. The molecule has 0 radical (unpaired) electrons. The number of hydrogen-bond donors (Lipinski definition) is 1. The van der Waals surface area contributed by atoms with Crippen molar-refractivity contribution in [3.05, 3.63) is 21.6 Å². The summed E-state index contributed by atoms with van der Waals surface area (Å²) in [5.41, 5.74) is 1.41. The summed E-state index contributed by atoms with van der Waals surface area (Å²) in [4.78, 5) is 29.0. The molecule has 6 nitrogen and oxygen atoms in total. The molecule has 0 aliphatic carbocycles. The SMILES string of the molecule is Cc1nc2n(c(=O)c1C)[C@H](CC(=O)NC[C@H]1CCCO1)CS2. The Kier molecular flexibility index (Phi) is 4.54. The summed E-state index contributed by atoms with van der Waals surface area (Å²) in [6.45, 7) is 4.98. The minimum absolute atomic E-state index is 0.0237. The van der Waals surface area contributed by atoms with Gasteiger partial charge in [0.05, 0.1) is 12.1 Å². The molecule has 0 saturated carbocycles. The van der Waals surface area contributed by atoms with Crippen LogP contribution < -0.4 is 10.9 Å². The van der Waals surface area contributed by atoms with Crippen molar-refractivity contribution in [3.63, 3.8) is 0 Å². The second kappa shape index (κ2) is 6.42. The fraction of sp³-hybridized carbons (Fsp3) is 0.667. The molecule has 3 rings (SSSR count). The van der Waals surface area contributed by atoms with Gasteiger partial charge in [-0.1, -0.05) is 11.8 Å². The predicted molar refractivity (Wildman–Crippen MR) is 84.3 cm³/mol. The Morgan fingerprint density at radius 2 is 2.32 bits per heavy atom. The lowest BCUT2D eigenvalue weighted by molar-refractivity contribution is -0.122. The lowest BCUT2D eigenvalue weighted by atomic mass is 10.2. The Balaban J connectivity index is 1.64. The molecule has 2 aliphatic rings. The van der Waals surface area contributed by atoms with E-state index in [0.29, 0.717) is 18.5 Å². The van der Waals surface area contributed by atoms with Gasteiger partial charge in [0, 0.05) is 36.6 Å². The third kappa shape index (κ3) is 3.05. The zero-order valence-electron chi connectivity index (χ0n) is 12.9. The first-order chi connectivity index (χ1) is 10.6. The standard InChI is InChI=1S/C15H21N3O3S/c1-9-10(2)17-15-18(14(9)20)11(8-22-15)6-13(19)16-7-12-4-3-5-21-12/h11-12H,3-8H2,1-2H3,(H,16,19)/t11-,12-/m1/s1. The van der Waals surface area contributed by atoms with E-state index < -0.39 is 0 Å². The molecule has 7 heteroatoms. The molecule has 1 amide bonds. The summed E-state index contributed by atoms with van der Waals surface area (Å²) in [7, 11) is 0. The summed E-state index contributed by atoms with van der Waals surface area (Å²) < 4.78 is 7.17.